The number of amides is 1. The molecule has 2 N–H and O–H groups in total. The van der Waals surface area contributed by atoms with E-state index in [1.54, 1.807) is 6.07 Å². The second-order valence-electron chi connectivity index (χ2n) is 4.62. The monoisotopic (exact) mass is 394 g/mol. The molecule has 0 bridgehead atoms. The number of nitrogens with one attached hydrogen (secondary N) is 1. The van der Waals surface area contributed by atoms with Gasteiger partial charge in [0.25, 0.3) is 0 Å². The van der Waals surface area contributed by atoms with Crippen LogP contribution in [-0.4, -0.2) is 17.2 Å². The highest BCUT2D eigenvalue weighted by Gasteiger charge is 2.05. The standard InChI is InChI=1S/C16H15IN2O2/c1-11-7-14(17)9-13(16(11)21)10-18-19-15(20)8-12-5-3-2-4-6-12/h2-7,9-10,21H,8H2,1H3,(H,19,20). The molecule has 0 aliphatic carbocycles. The first-order valence-corrected chi connectivity index (χ1v) is 7.49. The van der Waals surface area contributed by atoms with Gasteiger partial charge in [-0.25, -0.2) is 5.43 Å². The molecule has 0 radical (unpaired) electrons. The number of phenols is 1. The number of phenolic OH excluding ortho intramolecular Hbond substituents is 1. The highest BCUT2D eigenvalue weighted by Crippen LogP contribution is 2.23. The van der Waals surface area contributed by atoms with E-state index in [0.717, 1.165) is 14.7 Å². The van der Waals surface area contributed by atoms with Crippen molar-refractivity contribution < 1.29 is 9.90 Å². The molecule has 0 saturated carbocycles. The van der Waals surface area contributed by atoms with Crippen molar-refractivity contribution in [1.82, 2.24) is 5.43 Å². The number of nitrogens with zero attached hydrogens (tertiary/aromatic N) is 1. The van der Waals surface area contributed by atoms with Crippen LogP contribution in [0.4, 0.5) is 0 Å². The van der Waals surface area contributed by atoms with Gasteiger partial charge in [-0.15, -0.1) is 0 Å². The fourth-order valence-electron chi connectivity index (χ4n) is 1.85. The second-order valence-corrected chi connectivity index (χ2v) is 5.86. The largest absolute Gasteiger partial charge is 0.507 e. The summed E-state index contributed by atoms with van der Waals surface area (Å²) in [5, 5.41) is 13.8. The van der Waals surface area contributed by atoms with Gasteiger partial charge in [0.1, 0.15) is 5.75 Å². The summed E-state index contributed by atoms with van der Waals surface area (Å²) in [6, 6.07) is 13.1. The molecule has 1 amide bonds. The number of aromatic hydroxyl groups is 1. The molecule has 21 heavy (non-hydrogen) atoms. The number of hydrogen-bond donors (Lipinski definition) is 2. The molecule has 0 atom stereocenters. The van der Waals surface area contributed by atoms with Gasteiger partial charge in [-0.3, -0.25) is 4.79 Å². The van der Waals surface area contributed by atoms with E-state index in [0.29, 0.717) is 5.56 Å². The second kappa shape index (κ2) is 7.21. The van der Waals surface area contributed by atoms with Crippen LogP contribution in [0.1, 0.15) is 16.7 Å². The maximum atomic E-state index is 11.7. The molecule has 108 valence electrons. The normalized spacial score (nSPS) is 10.8. The lowest BCUT2D eigenvalue weighted by molar-refractivity contribution is -0.120. The molecule has 0 aliphatic rings. The summed E-state index contributed by atoms with van der Waals surface area (Å²) in [4.78, 5) is 11.7. The highest BCUT2D eigenvalue weighted by molar-refractivity contribution is 14.1. The van der Waals surface area contributed by atoms with Gasteiger partial charge < -0.3 is 5.11 Å². The zero-order chi connectivity index (χ0) is 15.2. The van der Waals surface area contributed by atoms with Crippen LogP contribution in [0.25, 0.3) is 0 Å². The molecule has 0 fully saturated rings. The van der Waals surface area contributed by atoms with Crippen molar-refractivity contribution in [2.75, 3.05) is 0 Å². The van der Waals surface area contributed by atoms with Gasteiger partial charge in [0.15, 0.2) is 0 Å². The minimum absolute atomic E-state index is 0.177. The van der Waals surface area contributed by atoms with Gasteiger partial charge in [0.2, 0.25) is 5.91 Å². The van der Waals surface area contributed by atoms with E-state index in [2.05, 4.69) is 33.1 Å². The number of hydrogen-bond acceptors (Lipinski definition) is 3. The molecule has 0 spiro atoms. The van der Waals surface area contributed by atoms with Crippen LogP contribution in [0.2, 0.25) is 0 Å². The number of carbonyl (C=O) groups excluding carboxylic acids is 1. The summed E-state index contributed by atoms with van der Waals surface area (Å²) in [6.07, 6.45) is 1.73. The van der Waals surface area contributed by atoms with E-state index in [9.17, 15) is 9.90 Å². The van der Waals surface area contributed by atoms with Crippen LogP contribution in [0.3, 0.4) is 0 Å². The van der Waals surface area contributed by atoms with Crippen molar-refractivity contribution in [3.05, 3.63) is 62.7 Å². The lowest BCUT2D eigenvalue weighted by Gasteiger charge is -2.04. The Labute approximate surface area is 137 Å². The zero-order valence-electron chi connectivity index (χ0n) is 11.5. The summed E-state index contributed by atoms with van der Waals surface area (Å²) in [5.74, 6) is -0.0178. The minimum atomic E-state index is -0.195. The number of hydrazone groups is 1. The smallest absolute Gasteiger partial charge is 0.244 e. The van der Waals surface area contributed by atoms with Crippen molar-refractivity contribution in [3.8, 4) is 5.75 Å². The summed E-state index contributed by atoms with van der Waals surface area (Å²) in [7, 11) is 0. The van der Waals surface area contributed by atoms with Crippen LogP contribution < -0.4 is 5.43 Å². The fourth-order valence-corrected chi connectivity index (χ4v) is 2.66. The van der Waals surface area contributed by atoms with Crippen molar-refractivity contribution in [1.29, 1.82) is 0 Å². The van der Waals surface area contributed by atoms with E-state index < -0.39 is 0 Å². The van der Waals surface area contributed by atoms with Crippen LogP contribution >= 0.6 is 22.6 Å². The molecule has 2 aromatic rings. The van der Waals surface area contributed by atoms with E-state index >= 15 is 0 Å². The molecule has 2 rings (SSSR count). The Morgan fingerprint density at radius 1 is 1.33 bits per heavy atom. The summed E-state index contributed by atoms with van der Waals surface area (Å²) < 4.78 is 1.000. The molecule has 0 aliphatic heterocycles. The minimum Gasteiger partial charge on any atom is -0.507 e. The topological polar surface area (TPSA) is 61.7 Å². The molecule has 0 aromatic heterocycles. The molecular weight excluding hydrogens is 379 g/mol. The molecular formula is C16H15IN2O2. The number of carbonyl (C=O) groups is 1. The lowest BCUT2D eigenvalue weighted by Crippen LogP contribution is -2.19. The molecule has 5 heteroatoms. The average Bonchev–Trinajstić information content (AvgIpc) is 2.45. The van der Waals surface area contributed by atoms with Crippen LogP contribution in [0, 0.1) is 10.5 Å². The van der Waals surface area contributed by atoms with E-state index in [1.165, 1.54) is 6.21 Å². The first-order valence-electron chi connectivity index (χ1n) is 6.41. The third kappa shape index (κ3) is 4.56. The first kappa shape index (κ1) is 15.5. The summed E-state index contributed by atoms with van der Waals surface area (Å²) in [5.41, 5.74) is 4.75. The first-order chi connectivity index (χ1) is 10.1. The molecule has 0 saturated heterocycles. The fraction of sp³-hybridized carbons (Fsp3) is 0.125. The van der Waals surface area contributed by atoms with Crippen LogP contribution in [0.5, 0.6) is 5.75 Å². The zero-order valence-corrected chi connectivity index (χ0v) is 13.7. The quantitative estimate of drug-likeness (QED) is 0.476. The maximum Gasteiger partial charge on any atom is 0.244 e. The average molecular weight is 394 g/mol. The Bertz CT molecular complexity index is 669. The SMILES string of the molecule is Cc1cc(I)cc(C=NNC(=O)Cc2ccccc2)c1O. The highest BCUT2D eigenvalue weighted by atomic mass is 127. The Kier molecular flexibility index (Phi) is 5.32. The molecule has 0 unspecified atom stereocenters. The van der Waals surface area contributed by atoms with Crippen molar-refractivity contribution in [2.45, 2.75) is 13.3 Å². The lowest BCUT2D eigenvalue weighted by atomic mass is 10.1. The van der Waals surface area contributed by atoms with Gasteiger partial charge in [-0.1, -0.05) is 30.3 Å². The van der Waals surface area contributed by atoms with Crippen molar-refractivity contribution in [3.63, 3.8) is 0 Å². The van der Waals surface area contributed by atoms with Crippen molar-refractivity contribution >= 4 is 34.7 Å². The number of rotatable bonds is 4. The Hall–Kier alpha value is -1.89. The number of benzene rings is 2. The van der Waals surface area contributed by atoms with Crippen molar-refractivity contribution in [2.24, 2.45) is 5.10 Å². The summed E-state index contributed by atoms with van der Waals surface area (Å²) >= 11 is 2.17. The van der Waals surface area contributed by atoms with Gasteiger partial charge in [-0.05, 0) is 52.8 Å². The Balaban J connectivity index is 1.98. The third-order valence-corrected chi connectivity index (χ3v) is 3.52. The van der Waals surface area contributed by atoms with E-state index in [1.807, 2.05) is 43.3 Å². The predicted octanol–water partition coefficient (Wildman–Crippen LogP) is 3.00. The van der Waals surface area contributed by atoms with Crippen LogP contribution in [0.15, 0.2) is 47.6 Å². The van der Waals surface area contributed by atoms with Gasteiger partial charge in [0.05, 0.1) is 12.6 Å². The Morgan fingerprint density at radius 3 is 2.76 bits per heavy atom. The van der Waals surface area contributed by atoms with E-state index in [-0.39, 0.29) is 18.1 Å². The van der Waals surface area contributed by atoms with Gasteiger partial charge >= 0.3 is 0 Å². The maximum absolute atomic E-state index is 11.7. The predicted molar refractivity (Wildman–Crippen MR) is 91.4 cm³/mol. The molecule has 0 heterocycles. The third-order valence-electron chi connectivity index (χ3n) is 2.90. The number of halogens is 1. The number of aryl methyl sites for hydroxylation is 1. The Morgan fingerprint density at radius 2 is 2.05 bits per heavy atom. The summed E-state index contributed by atoms with van der Waals surface area (Å²) in [6.45, 7) is 1.82. The molecule has 2 aromatic carbocycles. The van der Waals surface area contributed by atoms with Crippen LogP contribution in [-0.2, 0) is 11.2 Å². The van der Waals surface area contributed by atoms with E-state index in [4.69, 9.17) is 0 Å². The van der Waals surface area contributed by atoms with Gasteiger partial charge in [-0.2, -0.15) is 5.10 Å². The molecule has 4 nitrogen and oxygen atoms in total. The van der Waals surface area contributed by atoms with Gasteiger partial charge in [0, 0.05) is 9.13 Å².